The van der Waals surface area contributed by atoms with Gasteiger partial charge >= 0.3 is 5.97 Å². The molecule has 0 radical (unpaired) electrons. The van der Waals surface area contributed by atoms with E-state index in [0.29, 0.717) is 22.3 Å². The third kappa shape index (κ3) is 6.26. The summed E-state index contributed by atoms with van der Waals surface area (Å²) in [6.45, 7) is 5.98. The van der Waals surface area contributed by atoms with Crippen molar-refractivity contribution in [1.29, 1.82) is 0 Å². The van der Waals surface area contributed by atoms with Crippen LogP contribution < -0.4 is 10.1 Å². The van der Waals surface area contributed by atoms with Crippen LogP contribution in [0.25, 0.3) is 12.2 Å². The number of carbonyl (C=O) groups excluding carboxylic acids is 2. The lowest BCUT2D eigenvalue weighted by Gasteiger charge is -2.12. The van der Waals surface area contributed by atoms with Crippen molar-refractivity contribution in [3.8, 4) is 5.75 Å². The molecule has 0 saturated heterocycles. The van der Waals surface area contributed by atoms with E-state index >= 15 is 0 Å². The molecule has 0 saturated carbocycles. The first-order valence-corrected chi connectivity index (χ1v) is 10.3. The summed E-state index contributed by atoms with van der Waals surface area (Å²) < 4.78 is 15.8. The maximum absolute atomic E-state index is 12.1. The number of nitrogens with zero attached hydrogens (tertiary/aromatic N) is 2. The molecule has 162 valence electrons. The molecule has 8 nitrogen and oxygen atoms in total. The molecule has 0 bridgehead atoms. The molecule has 2 heterocycles. The number of benzene rings is 1. The molecule has 3 aromatic rings. The van der Waals surface area contributed by atoms with Crippen LogP contribution in [0.2, 0.25) is 0 Å². The van der Waals surface area contributed by atoms with Gasteiger partial charge in [0.05, 0.1) is 18.9 Å². The minimum absolute atomic E-state index is 0.105. The van der Waals surface area contributed by atoms with Gasteiger partial charge in [-0.1, -0.05) is 32.1 Å². The van der Waals surface area contributed by atoms with Gasteiger partial charge in [0.15, 0.2) is 11.7 Å². The average molecular weight is 442 g/mol. The van der Waals surface area contributed by atoms with Crippen LogP contribution in [0.15, 0.2) is 41.1 Å². The largest absolute Gasteiger partial charge is 0.484 e. The molecular weight excluding hydrogens is 418 g/mol. The van der Waals surface area contributed by atoms with Crippen LogP contribution in [-0.4, -0.2) is 35.6 Å². The monoisotopic (exact) mass is 441 g/mol. The number of methoxy groups -OCH3 is 1. The maximum Gasteiger partial charge on any atom is 0.337 e. The normalized spacial score (nSPS) is 11.5. The average Bonchev–Trinajstić information content (AvgIpc) is 3.40. The number of esters is 1. The number of carbonyl (C=O) groups is 2. The maximum atomic E-state index is 12.1. The summed E-state index contributed by atoms with van der Waals surface area (Å²) in [5, 5.41) is 3.15. The number of amides is 1. The van der Waals surface area contributed by atoms with E-state index in [1.54, 1.807) is 42.7 Å². The van der Waals surface area contributed by atoms with E-state index < -0.39 is 5.97 Å². The molecule has 31 heavy (non-hydrogen) atoms. The smallest absolute Gasteiger partial charge is 0.337 e. The van der Waals surface area contributed by atoms with Gasteiger partial charge in [-0.3, -0.25) is 10.1 Å². The molecule has 3 rings (SSSR count). The van der Waals surface area contributed by atoms with Crippen LogP contribution >= 0.6 is 11.3 Å². The van der Waals surface area contributed by atoms with Gasteiger partial charge in [0.2, 0.25) is 5.89 Å². The lowest BCUT2D eigenvalue weighted by molar-refractivity contribution is -0.118. The van der Waals surface area contributed by atoms with Gasteiger partial charge in [-0.25, -0.2) is 14.8 Å². The summed E-state index contributed by atoms with van der Waals surface area (Å²) in [6.07, 6.45) is 6.96. The van der Waals surface area contributed by atoms with Gasteiger partial charge in [-0.15, -0.1) is 0 Å². The van der Waals surface area contributed by atoms with E-state index in [0.717, 1.165) is 10.6 Å². The molecular formula is C22H23N3O5S. The van der Waals surface area contributed by atoms with Crippen molar-refractivity contribution in [1.82, 2.24) is 9.97 Å². The molecule has 0 atom stereocenters. The number of nitrogens with one attached hydrogen (secondary N) is 1. The second kappa shape index (κ2) is 9.57. The fourth-order valence-corrected chi connectivity index (χ4v) is 3.13. The van der Waals surface area contributed by atoms with E-state index in [-0.39, 0.29) is 17.9 Å². The van der Waals surface area contributed by atoms with E-state index in [2.05, 4.69) is 40.8 Å². The van der Waals surface area contributed by atoms with E-state index in [1.165, 1.54) is 18.4 Å². The zero-order valence-corrected chi connectivity index (χ0v) is 18.5. The first-order chi connectivity index (χ1) is 14.7. The number of hydrogen-bond donors (Lipinski definition) is 1. The number of rotatable bonds is 7. The second-order valence-electron chi connectivity index (χ2n) is 7.57. The van der Waals surface area contributed by atoms with Gasteiger partial charge in [0.1, 0.15) is 11.5 Å². The molecule has 9 heteroatoms. The number of ether oxygens (including phenoxy) is 2. The predicted molar refractivity (Wildman–Crippen MR) is 118 cm³/mol. The Kier molecular flexibility index (Phi) is 6.86. The van der Waals surface area contributed by atoms with Crippen LogP contribution in [0, 0.1) is 0 Å². The minimum Gasteiger partial charge on any atom is -0.484 e. The Morgan fingerprint density at radius 2 is 1.87 bits per heavy atom. The Balaban J connectivity index is 1.50. The molecule has 0 aliphatic rings. The van der Waals surface area contributed by atoms with E-state index in [4.69, 9.17) is 9.15 Å². The van der Waals surface area contributed by atoms with Gasteiger partial charge < -0.3 is 13.9 Å². The highest BCUT2D eigenvalue weighted by Gasteiger charge is 2.18. The van der Waals surface area contributed by atoms with Crippen molar-refractivity contribution < 1.29 is 23.5 Å². The van der Waals surface area contributed by atoms with Gasteiger partial charge in [0.25, 0.3) is 5.91 Å². The molecule has 0 aliphatic heterocycles. The quantitative estimate of drug-likeness (QED) is 0.542. The third-order valence-electron chi connectivity index (χ3n) is 4.07. The van der Waals surface area contributed by atoms with Crippen molar-refractivity contribution in [2.75, 3.05) is 19.0 Å². The second-order valence-corrected chi connectivity index (χ2v) is 8.63. The highest BCUT2D eigenvalue weighted by Crippen LogP contribution is 2.24. The van der Waals surface area contributed by atoms with E-state index in [1.807, 2.05) is 6.08 Å². The highest BCUT2D eigenvalue weighted by molar-refractivity contribution is 7.16. The molecule has 0 aliphatic carbocycles. The Morgan fingerprint density at radius 1 is 1.13 bits per heavy atom. The van der Waals surface area contributed by atoms with Crippen molar-refractivity contribution in [2.45, 2.75) is 26.2 Å². The summed E-state index contributed by atoms with van der Waals surface area (Å²) in [7, 11) is 1.31. The van der Waals surface area contributed by atoms with Crippen LogP contribution in [0.1, 0.15) is 47.7 Å². The zero-order chi connectivity index (χ0) is 22.4. The first kappa shape index (κ1) is 22.2. The molecule has 1 aromatic carbocycles. The summed E-state index contributed by atoms with van der Waals surface area (Å²) >= 11 is 1.32. The van der Waals surface area contributed by atoms with Gasteiger partial charge in [-0.05, 0) is 30.3 Å². The molecule has 1 amide bonds. The van der Waals surface area contributed by atoms with Crippen molar-refractivity contribution >= 4 is 40.5 Å². The molecule has 1 N–H and O–H groups in total. The lowest BCUT2D eigenvalue weighted by atomic mass is 9.94. The Bertz CT molecular complexity index is 1080. The Hall–Kier alpha value is -3.46. The lowest BCUT2D eigenvalue weighted by Crippen LogP contribution is -2.20. The molecule has 0 fully saturated rings. The fourth-order valence-electron chi connectivity index (χ4n) is 2.40. The summed E-state index contributed by atoms with van der Waals surface area (Å²) in [5.41, 5.74) is 0.300. The van der Waals surface area contributed by atoms with Crippen LogP contribution in [0.3, 0.4) is 0 Å². The SMILES string of the molecule is COC(=O)c1ccc(OCC(=O)Nc2ncc(/C=C/c3ncc(C(C)(C)C)o3)s2)cc1. The van der Waals surface area contributed by atoms with Crippen molar-refractivity contribution in [2.24, 2.45) is 0 Å². The Morgan fingerprint density at radius 3 is 2.52 bits per heavy atom. The standard InChI is InChI=1S/C22H23N3O5S/c1-22(2,3)17-12-23-19(30-17)10-9-16-11-24-21(31-16)25-18(26)13-29-15-7-5-14(6-8-15)20(27)28-4/h5-12H,13H2,1-4H3,(H,24,25,26)/b10-9+. The number of anilines is 1. The highest BCUT2D eigenvalue weighted by atomic mass is 32.1. The van der Waals surface area contributed by atoms with Crippen LogP contribution in [-0.2, 0) is 14.9 Å². The fraction of sp³-hybridized carbons (Fsp3) is 0.273. The summed E-state index contributed by atoms with van der Waals surface area (Å²) in [4.78, 5) is 32.8. The molecule has 2 aromatic heterocycles. The number of thiazole rings is 1. The van der Waals surface area contributed by atoms with Crippen molar-refractivity contribution in [3.05, 3.63) is 58.8 Å². The minimum atomic E-state index is -0.435. The van der Waals surface area contributed by atoms with Crippen molar-refractivity contribution in [3.63, 3.8) is 0 Å². The number of oxazole rings is 1. The zero-order valence-electron chi connectivity index (χ0n) is 17.7. The third-order valence-corrected chi connectivity index (χ3v) is 4.95. The topological polar surface area (TPSA) is 104 Å². The molecule has 0 unspecified atom stereocenters. The number of hydrogen-bond acceptors (Lipinski definition) is 8. The first-order valence-electron chi connectivity index (χ1n) is 9.46. The predicted octanol–water partition coefficient (Wildman–Crippen LogP) is 4.40. The van der Waals surface area contributed by atoms with Gasteiger partial charge in [0, 0.05) is 22.6 Å². The van der Waals surface area contributed by atoms with Gasteiger partial charge in [-0.2, -0.15) is 0 Å². The van der Waals surface area contributed by atoms with Crippen LogP contribution in [0.5, 0.6) is 5.75 Å². The Labute approximate surface area is 183 Å². The molecule has 0 spiro atoms. The summed E-state index contributed by atoms with van der Waals surface area (Å²) in [6, 6.07) is 6.33. The van der Waals surface area contributed by atoms with E-state index in [9.17, 15) is 9.59 Å². The number of aromatic nitrogens is 2. The summed E-state index contributed by atoms with van der Waals surface area (Å²) in [5.74, 6) is 1.01. The van der Waals surface area contributed by atoms with Crippen LogP contribution in [0.4, 0.5) is 5.13 Å².